The van der Waals surface area contributed by atoms with Crippen LogP contribution in [0.25, 0.3) is 22.8 Å². The monoisotopic (exact) mass is 536 g/mol. The Kier molecular flexibility index (Phi) is 11.3. The molecule has 0 unspecified atom stereocenters. The van der Waals surface area contributed by atoms with Crippen molar-refractivity contribution in [3.05, 3.63) is 90.0 Å². The van der Waals surface area contributed by atoms with Gasteiger partial charge in [0, 0.05) is 35.9 Å². The number of aryl methyl sites for hydroxylation is 2. The van der Waals surface area contributed by atoms with Gasteiger partial charge in [0.25, 0.3) is 0 Å². The quantitative estimate of drug-likeness (QED) is 0.0861. The first-order valence-electron chi connectivity index (χ1n) is 14.7. The number of rotatable bonds is 15. The third-order valence-corrected chi connectivity index (χ3v) is 7.00. The van der Waals surface area contributed by atoms with Gasteiger partial charge >= 0.3 is 5.97 Å². The van der Waals surface area contributed by atoms with Gasteiger partial charge in [0.2, 0.25) is 0 Å². The van der Waals surface area contributed by atoms with Crippen LogP contribution in [0.5, 0.6) is 5.75 Å². The van der Waals surface area contributed by atoms with Gasteiger partial charge < -0.3 is 4.74 Å². The summed E-state index contributed by atoms with van der Waals surface area (Å²) in [7, 11) is 0. The van der Waals surface area contributed by atoms with Gasteiger partial charge in [-0.05, 0) is 73.2 Å². The highest BCUT2D eigenvalue weighted by molar-refractivity contribution is 5.91. The lowest BCUT2D eigenvalue weighted by Crippen LogP contribution is -2.08. The summed E-state index contributed by atoms with van der Waals surface area (Å²) in [5, 5.41) is 0. The van der Waals surface area contributed by atoms with E-state index in [1.165, 1.54) is 57.8 Å². The van der Waals surface area contributed by atoms with Crippen molar-refractivity contribution in [3.63, 3.8) is 0 Å². The molecule has 0 aliphatic carbocycles. The molecule has 2 aromatic carbocycles. The van der Waals surface area contributed by atoms with Gasteiger partial charge in [0.15, 0.2) is 11.6 Å². The molecular weight excluding hydrogens is 496 g/mol. The maximum Gasteiger partial charge on any atom is 0.343 e. The van der Waals surface area contributed by atoms with E-state index in [2.05, 4.69) is 33.8 Å². The van der Waals surface area contributed by atoms with E-state index in [1.807, 2.05) is 49.1 Å². The molecule has 4 rings (SSSR count). The average Bonchev–Trinajstić information content (AvgIpc) is 3.00. The molecule has 0 atom stereocenters. The van der Waals surface area contributed by atoms with Crippen molar-refractivity contribution < 1.29 is 9.53 Å². The van der Waals surface area contributed by atoms with Crippen LogP contribution in [-0.2, 0) is 12.8 Å². The smallest absolute Gasteiger partial charge is 0.343 e. The van der Waals surface area contributed by atoms with Crippen molar-refractivity contribution >= 4 is 5.97 Å². The van der Waals surface area contributed by atoms with Crippen LogP contribution in [0.2, 0.25) is 0 Å². The predicted octanol–water partition coefficient (Wildman–Crippen LogP) is 8.46. The number of hydrogen-bond donors (Lipinski definition) is 0. The molecule has 0 aliphatic heterocycles. The van der Waals surface area contributed by atoms with Crippen molar-refractivity contribution in [1.82, 2.24) is 19.9 Å². The number of unbranched alkanes of at least 4 members (excludes halogenated alkanes) is 7. The van der Waals surface area contributed by atoms with E-state index in [0.29, 0.717) is 23.0 Å². The van der Waals surface area contributed by atoms with Gasteiger partial charge in [0.05, 0.1) is 5.56 Å². The molecule has 0 saturated heterocycles. The van der Waals surface area contributed by atoms with Crippen molar-refractivity contribution in [3.8, 4) is 28.5 Å². The standard InChI is InChI=1S/C34H40N4O2/c1-3-5-7-9-11-13-27-24-35-32(36-25-27)28-14-16-30(17-15-28)34(39)40-31-20-18-29(19-21-31)33-37-22-26(23-38-33)12-10-8-6-4-2/h14-25H,3-13H2,1-2H3. The molecule has 6 heteroatoms. The molecule has 4 aromatic rings. The number of hydrogen-bond acceptors (Lipinski definition) is 6. The SMILES string of the molecule is CCCCCCCc1cnc(-c2ccc(C(=O)Oc3ccc(-c4ncc(CCCCCC)cn4)cc3)cc2)nc1. The zero-order valence-corrected chi connectivity index (χ0v) is 23.8. The second kappa shape index (κ2) is 15.6. The van der Waals surface area contributed by atoms with Crippen LogP contribution in [0.4, 0.5) is 0 Å². The van der Waals surface area contributed by atoms with Gasteiger partial charge in [-0.2, -0.15) is 0 Å². The largest absolute Gasteiger partial charge is 0.423 e. The van der Waals surface area contributed by atoms with E-state index in [9.17, 15) is 4.79 Å². The number of esters is 1. The van der Waals surface area contributed by atoms with E-state index in [1.54, 1.807) is 24.3 Å². The van der Waals surface area contributed by atoms with Crippen LogP contribution in [0.15, 0.2) is 73.3 Å². The fourth-order valence-electron chi connectivity index (χ4n) is 4.55. The van der Waals surface area contributed by atoms with Crippen molar-refractivity contribution in [2.45, 2.75) is 84.5 Å². The van der Waals surface area contributed by atoms with Gasteiger partial charge in [0.1, 0.15) is 5.75 Å². The van der Waals surface area contributed by atoms with Crippen molar-refractivity contribution in [2.24, 2.45) is 0 Å². The fourth-order valence-corrected chi connectivity index (χ4v) is 4.55. The van der Waals surface area contributed by atoms with E-state index in [0.717, 1.165) is 35.1 Å². The topological polar surface area (TPSA) is 77.9 Å². The molecule has 0 bridgehead atoms. The summed E-state index contributed by atoms with van der Waals surface area (Å²) in [5.41, 5.74) is 4.53. The summed E-state index contributed by atoms with van der Waals surface area (Å²) in [6.07, 6.45) is 20.8. The third kappa shape index (κ3) is 8.80. The Morgan fingerprint density at radius 1 is 0.575 bits per heavy atom. The summed E-state index contributed by atoms with van der Waals surface area (Å²) in [5.74, 6) is 1.37. The second-order valence-corrected chi connectivity index (χ2v) is 10.3. The molecule has 2 aromatic heterocycles. The Bertz CT molecular complexity index is 1300. The molecule has 208 valence electrons. The normalized spacial score (nSPS) is 10.9. The summed E-state index contributed by atoms with van der Waals surface area (Å²) in [6, 6.07) is 14.5. The molecule has 0 spiro atoms. The van der Waals surface area contributed by atoms with Gasteiger partial charge in [-0.1, -0.05) is 70.9 Å². The van der Waals surface area contributed by atoms with Crippen LogP contribution >= 0.6 is 0 Å². The maximum atomic E-state index is 12.7. The Morgan fingerprint density at radius 3 is 1.48 bits per heavy atom. The minimum Gasteiger partial charge on any atom is -0.423 e. The molecule has 0 saturated carbocycles. The van der Waals surface area contributed by atoms with Gasteiger partial charge in [-0.3, -0.25) is 0 Å². The minimum absolute atomic E-state index is 0.415. The molecule has 2 heterocycles. The zero-order valence-electron chi connectivity index (χ0n) is 23.8. The average molecular weight is 537 g/mol. The lowest BCUT2D eigenvalue weighted by molar-refractivity contribution is 0.0735. The number of carbonyl (C=O) groups excluding carboxylic acids is 1. The van der Waals surface area contributed by atoms with Gasteiger partial charge in [-0.25, -0.2) is 24.7 Å². The fraction of sp³-hybridized carbons (Fsp3) is 0.382. The molecule has 0 N–H and O–H groups in total. The predicted molar refractivity (Wildman–Crippen MR) is 160 cm³/mol. The minimum atomic E-state index is -0.415. The number of nitrogens with zero attached hydrogens (tertiary/aromatic N) is 4. The molecule has 0 amide bonds. The number of benzene rings is 2. The Balaban J connectivity index is 1.28. The van der Waals surface area contributed by atoms with Gasteiger partial charge in [-0.15, -0.1) is 0 Å². The molecule has 0 aliphatic rings. The first kappa shape index (κ1) is 29.1. The summed E-state index contributed by atoms with van der Waals surface area (Å²) in [4.78, 5) is 30.8. The molecule has 40 heavy (non-hydrogen) atoms. The van der Waals surface area contributed by atoms with Crippen LogP contribution in [0.1, 0.15) is 93.1 Å². The molecule has 0 fully saturated rings. The summed E-state index contributed by atoms with van der Waals surface area (Å²) in [6.45, 7) is 4.45. The van der Waals surface area contributed by atoms with Crippen molar-refractivity contribution in [2.75, 3.05) is 0 Å². The van der Waals surface area contributed by atoms with E-state index in [-0.39, 0.29) is 0 Å². The Hall–Kier alpha value is -3.93. The van der Waals surface area contributed by atoms with E-state index >= 15 is 0 Å². The van der Waals surface area contributed by atoms with Crippen molar-refractivity contribution in [1.29, 1.82) is 0 Å². The lowest BCUT2D eigenvalue weighted by Gasteiger charge is -2.07. The lowest BCUT2D eigenvalue weighted by atomic mass is 10.1. The first-order valence-corrected chi connectivity index (χ1v) is 14.7. The second-order valence-electron chi connectivity index (χ2n) is 10.3. The molecular formula is C34H40N4O2. The number of ether oxygens (including phenoxy) is 1. The van der Waals surface area contributed by atoms with Crippen LogP contribution in [0, 0.1) is 0 Å². The highest BCUT2D eigenvalue weighted by atomic mass is 16.5. The zero-order chi connectivity index (χ0) is 28.0. The maximum absolute atomic E-state index is 12.7. The van der Waals surface area contributed by atoms with E-state index < -0.39 is 5.97 Å². The first-order chi connectivity index (χ1) is 19.7. The number of carbonyl (C=O) groups is 1. The van der Waals surface area contributed by atoms with Crippen LogP contribution in [0.3, 0.4) is 0 Å². The van der Waals surface area contributed by atoms with Crippen LogP contribution in [-0.4, -0.2) is 25.9 Å². The molecule has 6 nitrogen and oxygen atoms in total. The summed E-state index contributed by atoms with van der Waals surface area (Å²) >= 11 is 0. The van der Waals surface area contributed by atoms with Crippen LogP contribution < -0.4 is 4.74 Å². The highest BCUT2D eigenvalue weighted by Crippen LogP contribution is 2.22. The third-order valence-electron chi connectivity index (χ3n) is 7.00. The Morgan fingerprint density at radius 2 is 1.00 bits per heavy atom. The highest BCUT2D eigenvalue weighted by Gasteiger charge is 2.11. The van der Waals surface area contributed by atoms with E-state index in [4.69, 9.17) is 4.74 Å². The summed E-state index contributed by atoms with van der Waals surface area (Å²) < 4.78 is 5.59. The number of aromatic nitrogens is 4. The Labute approximate surface area is 238 Å². The molecule has 0 radical (unpaired) electrons.